The van der Waals surface area contributed by atoms with Crippen molar-refractivity contribution < 1.29 is 13.2 Å². The molecule has 0 unspecified atom stereocenters. The number of halogens is 1. The van der Waals surface area contributed by atoms with Crippen molar-refractivity contribution in [3.8, 4) is 0 Å². The van der Waals surface area contributed by atoms with Crippen LogP contribution in [0.5, 0.6) is 0 Å². The zero-order valence-corrected chi connectivity index (χ0v) is 16.6. The largest absolute Gasteiger partial charge is 0.339 e. The van der Waals surface area contributed by atoms with E-state index in [0.717, 1.165) is 30.6 Å². The molecule has 0 aliphatic carbocycles. The van der Waals surface area contributed by atoms with E-state index in [4.69, 9.17) is 11.6 Å². The number of sulfonamides is 1. The first-order chi connectivity index (χ1) is 12.5. The van der Waals surface area contributed by atoms with Crippen LogP contribution in [-0.4, -0.2) is 38.9 Å². The number of hydrogen-bond acceptors (Lipinski definition) is 4. The number of hydrogen-bond donors (Lipinski definition) is 1. The Bertz CT molecular complexity index is 844. The van der Waals surface area contributed by atoms with E-state index in [1.54, 1.807) is 6.07 Å². The van der Waals surface area contributed by atoms with Crippen molar-refractivity contribution in [2.24, 2.45) is 5.92 Å². The standard InChI is InChI=1S/C18H21ClN2O3S2/c19-16-6-7-17(25-16)26(23,24)20-11-8-14-9-12-21(13-10-14)18(22)15-4-2-1-3-5-15/h1-7,14,20H,8-13H2. The molecule has 0 atom stereocenters. The van der Waals surface area contributed by atoms with Crippen molar-refractivity contribution in [2.45, 2.75) is 23.5 Å². The number of nitrogens with zero attached hydrogens (tertiary/aromatic N) is 1. The molecule has 1 N–H and O–H groups in total. The molecular weight excluding hydrogens is 392 g/mol. The maximum absolute atomic E-state index is 12.4. The van der Waals surface area contributed by atoms with Gasteiger partial charge in [-0.3, -0.25) is 4.79 Å². The van der Waals surface area contributed by atoms with Crippen LogP contribution in [0, 0.1) is 5.92 Å². The molecule has 0 radical (unpaired) electrons. The van der Waals surface area contributed by atoms with Crippen molar-refractivity contribution in [3.05, 3.63) is 52.4 Å². The fraction of sp³-hybridized carbons (Fsp3) is 0.389. The van der Waals surface area contributed by atoms with Gasteiger partial charge in [0.25, 0.3) is 5.91 Å². The molecule has 1 aliphatic heterocycles. The number of rotatable bonds is 6. The molecule has 1 aliphatic rings. The van der Waals surface area contributed by atoms with E-state index in [-0.39, 0.29) is 10.1 Å². The number of nitrogens with one attached hydrogen (secondary N) is 1. The SMILES string of the molecule is O=C(c1ccccc1)N1CCC(CCNS(=O)(=O)c2ccc(Cl)s2)CC1. The number of carbonyl (C=O) groups excluding carboxylic acids is 1. The highest BCUT2D eigenvalue weighted by Gasteiger charge is 2.24. The molecule has 1 aromatic heterocycles. The first-order valence-electron chi connectivity index (χ1n) is 8.55. The first-order valence-corrected chi connectivity index (χ1v) is 11.2. The molecule has 0 saturated carbocycles. The molecule has 3 rings (SSSR count). The van der Waals surface area contributed by atoms with Gasteiger partial charge in [-0.1, -0.05) is 29.8 Å². The molecule has 0 bridgehead atoms. The van der Waals surface area contributed by atoms with Gasteiger partial charge in [0.1, 0.15) is 4.21 Å². The third kappa shape index (κ3) is 4.85. The topological polar surface area (TPSA) is 66.5 Å². The molecule has 1 aromatic carbocycles. The lowest BCUT2D eigenvalue weighted by molar-refractivity contribution is 0.0687. The average Bonchev–Trinajstić information content (AvgIpc) is 3.10. The molecule has 8 heteroatoms. The van der Waals surface area contributed by atoms with Crippen LogP contribution in [0.1, 0.15) is 29.6 Å². The first kappa shape index (κ1) is 19.4. The second kappa shape index (κ2) is 8.52. The summed E-state index contributed by atoms with van der Waals surface area (Å²) in [6, 6.07) is 12.4. The minimum Gasteiger partial charge on any atom is -0.339 e. The van der Waals surface area contributed by atoms with Gasteiger partial charge in [0, 0.05) is 25.2 Å². The lowest BCUT2D eigenvalue weighted by Gasteiger charge is -2.32. The van der Waals surface area contributed by atoms with Gasteiger partial charge in [-0.25, -0.2) is 13.1 Å². The Morgan fingerprint density at radius 3 is 2.46 bits per heavy atom. The Morgan fingerprint density at radius 1 is 1.15 bits per heavy atom. The number of amides is 1. The predicted octanol–water partition coefficient (Wildman–Crippen LogP) is 3.62. The van der Waals surface area contributed by atoms with Gasteiger partial charge >= 0.3 is 0 Å². The highest BCUT2D eigenvalue weighted by molar-refractivity contribution is 7.91. The molecule has 0 spiro atoms. The van der Waals surface area contributed by atoms with Crippen molar-refractivity contribution >= 4 is 38.9 Å². The van der Waals surface area contributed by atoms with E-state index in [1.165, 1.54) is 6.07 Å². The molecular formula is C18H21ClN2O3S2. The molecule has 1 fully saturated rings. The van der Waals surface area contributed by atoms with Gasteiger partial charge in [-0.2, -0.15) is 0 Å². The van der Waals surface area contributed by atoms with E-state index in [0.29, 0.717) is 35.5 Å². The van der Waals surface area contributed by atoms with E-state index >= 15 is 0 Å². The van der Waals surface area contributed by atoms with Crippen LogP contribution in [0.25, 0.3) is 0 Å². The molecule has 2 heterocycles. The zero-order valence-electron chi connectivity index (χ0n) is 14.2. The second-order valence-electron chi connectivity index (χ2n) is 6.35. The van der Waals surface area contributed by atoms with Gasteiger partial charge < -0.3 is 4.90 Å². The Balaban J connectivity index is 1.44. The van der Waals surface area contributed by atoms with Crippen LogP contribution in [0.15, 0.2) is 46.7 Å². The normalized spacial score (nSPS) is 16.0. The number of thiophene rings is 1. The van der Waals surface area contributed by atoms with E-state index < -0.39 is 10.0 Å². The Hall–Kier alpha value is -1.41. The number of benzene rings is 1. The maximum Gasteiger partial charge on any atom is 0.253 e. The van der Waals surface area contributed by atoms with Crippen LogP contribution in [-0.2, 0) is 10.0 Å². The molecule has 2 aromatic rings. The van der Waals surface area contributed by atoms with Crippen molar-refractivity contribution in [1.82, 2.24) is 9.62 Å². The molecule has 1 amide bonds. The van der Waals surface area contributed by atoms with Crippen molar-refractivity contribution in [1.29, 1.82) is 0 Å². The van der Waals surface area contributed by atoms with Gasteiger partial charge in [0.05, 0.1) is 4.34 Å². The Morgan fingerprint density at radius 2 is 1.85 bits per heavy atom. The number of carbonyl (C=O) groups is 1. The zero-order chi connectivity index (χ0) is 18.6. The summed E-state index contributed by atoms with van der Waals surface area (Å²) in [7, 11) is -3.48. The Kier molecular flexibility index (Phi) is 6.34. The Labute approximate surface area is 163 Å². The minimum atomic E-state index is -3.48. The maximum atomic E-state index is 12.4. The molecule has 140 valence electrons. The van der Waals surface area contributed by atoms with Crippen molar-refractivity contribution in [2.75, 3.05) is 19.6 Å². The third-order valence-corrected chi connectivity index (χ3v) is 7.76. The van der Waals surface area contributed by atoms with E-state index in [2.05, 4.69) is 4.72 Å². The van der Waals surface area contributed by atoms with E-state index in [9.17, 15) is 13.2 Å². The van der Waals surface area contributed by atoms with Crippen LogP contribution in [0.3, 0.4) is 0 Å². The molecule has 1 saturated heterocycles. The summed E-state index contributed by atoms with van der Waals surface area (Å²) >= 11 is 6.85. The second-order valence-corrected chi connectivity index (χ2v) is 10.1. The summed E-state index contributed by atoms with van der Waals surface area (Å²) in [6.45, 7) is 1.83. The summed E-state index contributed by atoms with van der Waals surface area (Å²) in [4.78, 5) is 14.3. The summed E-state index contributed by atoms with van der Waals surface area (Å²) in [6.07, 6.45) is 2.56. The summed E-state index contributed by atoms with van der Waals surface area (Å²) in [5.74, 6) is 0.490. The third-order valence-electron chi connectivity index (χ3n) is 4.58. The highest BCUT2D eigenvalue weighted by atomic mass is 35.5. The summed E-state index contributed by atoms with van der Waals surface area (Å²) < 4.78 is 27.7. The van der Waals surface area contributed by atoms with Crippen LogP contribution in [0.4, 0.5) is 0 Å². The molecule has 26 heavy (non-hydrogen) atoms. The predicted molar refractivity (Wildman–Crippen MR) is 104 cm³/mol. The van der Waals surface area contributed by atoms with Crippen LogP contribution < -0.4 is 4.72 Å². The highest BCUT2D eigenvalue weighted by Crippen LogP contribution is 2.26. The van der Waals surface area contributed by atoms with Crippen LogP contribution >= 0.6 is 22.9 Å². The quantitative estimate of drug-likeness (QED) is 0.787. The van der Waals surface area contributed by atoms with Crippen LogP contribution in [0.2, 0.25) is 4.34 Å². The smallest absolute Gasteiger partial charge is 0.253 e. The van der Waals surface area contributed by atoms with Crippen molar-refractivity contribution in [3.63, 3.8) is 0 Å². The van der Waals surface area contributed by atoms with Gasteiger partial charge in [-0.15, -0.1) is 11.3 Å². The fourth-order valence-corrected chi connectivity index (χ4v) is 5.67. The monoisotopic (exact) mass is 412 g/mol. The van der Waals surface area contributed by atoms with Gasteiger partial charge in [-0.05, 0) is 49.4 Å². The number of likely N-dealkylation sites (tertiary alicyclic amines) is 1. The van der Waals surface area contributed by atoms with E-state index in [1.807, 2.05) is 35.2 Å². The van der Waals surface area contributed by atoms with Gasteiger partial charge in [0.2, 0.25) is 10.0 Å². The summed E-state index contributed by atoms with van der Waals surface area (Å²) in [5.41, 5.74) is 0.716. The number of piperidine rings is 1. The summed E-state index contributed by atoms with van der Waals surface area (Å²) in [5, 5.41) is 0. The lowest BCUT2D eigenvalue weighted by Crippen LogP contribution is -2.39. The minimum absolute atomic E-state index is 0.0688. The molecule has 5 nitrogen and oxygen atoms in total. The van der Waals surface area contributed by atoms with Gasteiger partial charge in [0.15, 0.2) is 0 Å². The average molecular weight is 413 g/mol. The lowest BCUT2D eigenvalue weighted by atomic mass is 9.93. The fourth-order valence-electron chi connectivity index (χ4n) is 3.10.